The Kier molecular flexibility index (Phi) is 4.45. The number of nitrogens with zero attached hydrogens (tertiary/aromatic N) is 1. The van der Waals surface area contributed by atoms with Gasteiger partial charge in [0.05, 0.1) is 27.2 Å². The Balaban J connectivity index is 2.16. The highest BCUT2D eigenvalue weighted by atomic mass is 35.5. The number of amides is 1. The van der Waals surface area contributed by atoms with E-state index in [-0.39, 0.29) is 21.5 Å². The zero-order chi connectivity index (χ0) is 13.1. The number of halogens is 3. The van der Waals surface area contributed by atoms with Gasteiger partial charge in [0.15, 0.2) is 0 Å². The lowest BCUT2D eigenvalue weighted by molar-refractivity contribution is 0.0951. The van der Waals surface area contributed by atoms with Crippen LogP contribution in [0.25, 0.3) is 0 Å². The maximum absolute atomic E-state index is 12.0. The molecule has 0 saturated heterocycles. The molecule has 0 fully saturated rings. The van der Waals surface area contributed by atoms with Crippen molar-refractivity contribution < 1.29 is 4.79 Å². The van der Waals surface area contributed by atoms with Crippen molar-refractivity contribution in [2.45, 2.75) is 6.54 Å². The van der Waals surface area contributed by atoms with Crippen molar-refractivity contribution in [2.24, 2.45) is 0 Å². The third-order valence-corrected chi connectivity index (χ3v) is 4.05. The summed E-state index contributed by atoms with van der Waals surface area (Å²) in [4.78, 5) is 16.0. The highest BCUT2D eigenvalue weighted by Gasteiger charge is 2.17. The third-order valence-electron chi connectivity index (χ3n) is 2.15. The highest BCUT2D eigenvalue weighted by molar-refractivity contribution is 7.09. The Morgan fingerprint density at radius 3 is 2.67 bits per heavy atom. The van der Waals surface area contributed by atoms with Gasteiger partial charge in [-0.2, -0.15) is 0 Å². The Morgan fingerprint density at radius 2 is 2.00 bits per heavy atom. The molecule has 1 heterocycles. The lowest BCUT2D eigenvalue weighted by Gasteiger charge is -2.08. The smallest absolute Gasteiger partial charge is 0.254 e. The second kappa shape index (κ2) is 5.89. The van der Waals surface area contributed by atoms with Gasteiger partial charge in [-0.3, -0.25) is 4.79 Å². The van der Waals surface area contributed by atoms with Gasteiger partial charge < -0.3 is 5.32 Å². The molecular formula is C11H7Cl3N2OS. The molecule has 0 atom stereocenters. The predicted octanol–water partition coefficient (Wildman–Crippen LogP) is 4.03. The van der Waals surface area contributed by atoms with Gasteiger partial charge in [0.1, 0.15) is 5.01 Å². The molecule has 0 aliphatic carbocycles. The summed E-state index contributed by atoms with van der Waals surface area (Å²) >= 11 is 19.2. The Hall–Kier alpha value is -0.810. The lowest BCUT2D eigenvalue weighted by Crippen LogP contribution is -2.23. The van der Waals surface area contributed by atoms with Crippen LogP contribution in [-0.2, 0) is 6.54 Å². The molecule has 1 amide bonds. The first-order valence-electron chi connectivity index (χ1n) is 4.89. The fourth-order valence-electron chi connectivity index (χ4n) is 1.32. The molecule has 0 bridgehead atoms. The molecule has 0 aliphatic rings. The minimum absolute atomic E-state index is 0.154. The summed E-state index contributed by atoms with van der Waals surface area (Å²) in [6.07, 6.45) is 1.67. The predicted molar refractivity (Wildman–Crippen MR) is 74.8 cm³/mol. The first-order chi connectivity index (χ1) is 8.59. The highest BCUT2D eigenvalue weighted by Crippen LogP contribution is 2.31. The third kappa shape index (κ3) is 2.95. The molecule has 0 spiro atoms. The van der Waals surface area contributed by atoms with Crippen LogP contribution in [0.1, 0.15) is 15.4 Å². The van der Waals surface area contributed by atoms with E-state index in [1.54, 1.807) is 12.3 Å². The van der Waals surface area contributed by atoms with E-state index >= 15 is 0 Å². The van der Waals surface area contributed by atoms with E-state index in [4.69, 9.17) is 34.8 Å². The number of carbonyl (C=O) groups is 1. The van der Waals surface area contributed by atoms with Crippen LogP contribution < -0.4 is 5.32 Å². The number of hydrogen-bond acceptors (Lipinski definition) is 3. The van der Waals surface area contributed by atoms with Crippen molar-refractivity contribution in [3.05, 3.63) is 49.3 Å². The van der Waals surface area contributed by atoms with Crippen molar-refractivity contribution in [3.8, 4) is 0 Å². The number of benzene rings is 1. The van der Waals surface area contributed by atoms with Crippen molar-refractivity contribution in [3.63, 3.8) is 0 Å². The number of thiazole rings is 1. The largest absolute Gasteiger partial charge is 0.345 e. The molecule has 1 N–H and O–H groups in total. The Labute approximate surface area is 123 Å². The van der Waals surface area contributed by atoms with E-state index in [0.29, 0.717) is 11.6 Å². The van der Waals surface area contributed by atoms with Crippen LogP contribution in [-0.4, -0.2) is 10.9 Å². The van der Waals surface area contributed by atoms with Crippen molar-refractivity contribution in [1.82, 2.24) is 10.3 Å². The minimum atomic E-state index is -0.372. The number of carbonyl (C=O) groups excluding carboxylic acids is 1. The van der Waals surface area contributed by atoms with Gasteiger partial charge in [0, 0.05) is 11.6 Å². The summed E-state index contributed by atoms with van der Waals surface area (Å²) in [5.41, 5.74) is 0.183. The van der Waals surface area contributed by atoms with Gasteiger partial charge in [0.25, 0.3) is 5.91 Å². The summed E-state index contributed by atoms with van der Waals surface area (Å²) in [5, 5.41) is 6.04. The molecule has 3 nitrogen and oxygen atoms in total. The molecule has 94 valence electrons. The van der Waals surface area contributed by atoms with Crippen LogP contribution >= 0.6 is 46.1 Å². The van der Waals surface area contributed by atoms with Gasteiger partial charge in [-0.05, 0) is 12.1 Å². The van der Waals surface area contributed by atoms with E-state index in [2.05, 4.69) is 10.3 Å². The quantitative estimate of drug-likeness (QED) is 0.867. The monoisotopic (exact) mass is 320 g/mol. The molecule has 0 radical (unpaired) electrons. The van der Waals surface area contributed by atoms with Crippen molar-refractivity contribution >= 4 is 52.0 Å². The maximum atomic E-state index is 12.0. The average Bonchev–Trinajstić information content (AvgIpc) is 2.85. The molecule has 1 aromatic heterocycles. The number of rotatable bonds is 3. The second-order valence-corrected chi connectivity index (χ2v) is 5.50. The normalized spacial score (nSPS) is 10.4. The van der Waals surface area contributed by atoms with Crippen LogP contribution in [0.5, 0.6) is 0 Å². The molecule has 7 heteroatoms. The molecule has 0 aliphatic heterocycles. The molecule has 1 aromatic carbocycles. The maximum Gasteiger partial charge on any atom is 0.254 e. The minimum Gasteiger partial charge on any atom is -0.345 e. The van der Waals surface area contributed by atoms with Crippen LogP contribution in [0.3, 0.4) is 0 Å². The van der Waals surface area contributed by atoms with Crippen LogP contribution in [0.4, 0.5) is 0 Å². The van der Waals surface area contributed by atoms with Crippen LogP contribution in [0.15, 0.2) is 23.7 Å². The number of nitrogens with one attached hydrogen (secondary N) is 1. The van der Waals surface area contributed by atoms with Crippen molar-refractivity contribution in [1.29, 1.82) is 0 Å². The summed E-state index contributed by atoms with van der Waals surface area (Å²) in [6, 6.07) is 3.08. The lowest BCUT2D eigenvalue weighted by atomic mass is 10.2. The topological polar surface area (TPSA) is 42.0 Å². The Bertz CT molecular complexity index is 572. The van der Waals surface area contributed by atoms with E-state index < -0.39 is 0 Å². The standard InChI is InChI=1S/C11H7Cl3N2OS/c12-6-1-2-7(13)10(14)9(6)11(17)16-5-8-15-3-4-18-8/h1-4H,5H2,(H,16,17). The molecular weight excluding hydrogens is 315 g/mol. The van der Waals surface area contributed by atoms with Gasteiger partial charge in [-0.1, -0.05) is 34.8 Å². The fraction of sp³-hybridized carbons (Fsp3) is 0.0909. The number of aromatic nitrogens is 1. The summed E-state index contributed by atoms with van der Waals surface area (Å²) in [7, 11) is 0. The van der Waals surface area contributed by atoms with Gasteiger partial charge in [0.2, 0.25) is 0 Å². The van der Waals surface area contributed by atoms with Crippen molar-refractivity contribution in [2.75, 3.05) is 0 Å². The number of hydrogen-bond donors (Lipinski definition) is 1. The molecule has 0 unspecified atom stereocenters. The summed E-state index contributed by atoms with van der Waals surface area (Å²) < 4.78 is 0. The molecule has 0 saturated carbocycles. The molecule has 2 rings (SSSR count). The SMILES string of the molecule is O=C(NCc1nccs1)c1c(Cl)ccc(Cl)c1Cl. The zero-order valence-electron chi connectivity index (χ0n) is 8.91. The van der Waals surface area contributed by atoms with Gasteiger partial charge >= 0.3 is 0 Å². The van der Waals surface area contributed by atoms with Crippen LogP contribution in [0.2, 0.25) is 15.1 Å². The summed E-state index contributed by atoms with van der Waals surface area (Å²) in [5.74, 6) is -0.372. The van der Waals surface area contributed by atoms with E-state index in [1.807, 2.05) is 5.38 Å². The Morgan fingerprint density at radius 1 is 1.28 bits per heavy atom. The molecule has 18 heavy (non-hydrogen) atoms. The zero-order valence-corrected chi connectivity index (χ0v) is 12.0. The van der Waals surface area contributed by atoms with Gasteiger partial charge in [-0.15, -0.1) is 11.3 Å². The van der Waals surface area contributed by atoms with E-state index in [9.17, 15) is 4.79 Å². The molecule has 2 aromatic rings. The van der Waals surface area contributed by atoms with Crippen LogP contribution in [0, 0.1) is 0 Å². The van der Waals surface area contributed by atoms with E-state index in [1.165, 1.54) is 17.4 Å². The van der Waals surface area contributed by atoms with E-state index in [0.717, 1.165) is 5.01 Å². The first-order valence-corrected chi connectivity index (χ1v) is 6.91. The van der Waals surface area contributed by atoms with Gasteiger partial charge in [-0.25, -0.2) is 4.98 Å². The summed E-state index contributed by atoms with van der Waals surface area (Å²) in [6.45, 7) is 0.329. The fourth-order valence-corrected chi connectivity index (χ4v) is 2.58. The second-order valence-electron chi connectivity index (χ2n) is 3.33. The first kappa shape index (κ1) is 13.6. The average molecular weight is 322 g/mol.